The van der Waals surface area contributed by atoms with Crippen molar-refractivity contribution in [2.75, 3.05) is 5.32 Å². The Morgan fingerprint density at radius 1 is 1.38 bits per heavy atom. The highest BCUT2D eigenvalue weighted by molar-refractivity contribution is 8.01. The number of oxazole rings is 1. The Morgan fingerprint density at radius 2 is 2.10 bits per heavy atom. The molecule has 0 aliphatic rings. The van der Waals surface area contributed by atoms with E-state index >= 15 is 0 Å². The summed E-state index contributed by atoms with van der Waals surface area (Å²) in [6.45, 7) is 9.80. The topological polar surface area (TPSA) is 68.0 Å². The summed E-state index contributed by atoms with van der Waals surface area (Å²) in [6, 6.07) is 0. The Bertz CT molecular complexity index is 628. The third-order valence-corrected chi connectivity index (χ3v) is 4.81. The number of carbonyl (C=O) groups excluding carboxylic acids is 1. The molecule has 114 valence electrons. The molecule has 21 heavy (non-hydrogen) atoms. The van der Waals surface area contributed by atoms with Crippen LogP contribution in [-0.2, 0) is 10.2 Å². The van der Waals surface area contributed by atoms with E-state index in [4.69, 9.17) is 4.42 Å². The second-order valence-electron chi connectivity index (χ2n) is 5.74. The lowest BCUT2D eigenvalue weighted by Gasteiger charge is -2.13. The largest absolute Gasteiger partial charge is 0.444 e. The zero-order valence-corrected chi connectivity index (χ0v) is 14.4. The van der Waals surface area contributed by atoms with Crippen LogP contribution >= 0.6 is 23.1 Å². The van der Waals surface area contributed by atoms with Crippen LogP contribution in [0.15, 0.2) is 21.0 Å². The van der Waals surface area contributed by atoms with Crippen molar-refractivity contribution in [3.63, 3.8) is 0 Å². The number of anilines is 1. The van der Waals surface area contributed by atoms with Crippen LogP contribution in [0.4, 0.5) is 5.13 Å². The van der Waals surface area contributed by atoms with Gasteiger partial charge in [0.2, 0.25) is 11.8 Å². The molecule has 2 heterocycles. The maximum atomic E-state index is 11.0. The maximum absolute atomic E-state index is 11.0. The van der Waals surface area contributed by atoms with Crippen molar-refractivity contribution in [1.82, 2.24) is 9.97 Å². The summed E-state index contributed by atoms with van der Waals surface area (Å²) in [5.74, 6) is 1.48. The molecule has 0 bridgehead atoms. The Hall–Kier alpha value is -1.34. The van der Waals surface area contributed by atoms with E-state index in [1.165, 1.54) is 18.3 Å². The molecule has 0 aromatic carbocycles. The summed E-state index contributed by atoms with van der Waals surface area (Å²) in [7, 11) is 0. The van der Waals surface area contributed by atoms with Crippen molar-refractivity contribution in [3.05, 3.63) is 24.0 Å². The molecule has 2 aromatic heterocycles. The van der Waals surface area contributed by atoms with E-state index in [9.17, 15) is 4.79 Å². The molecule has 1 atom stereocenters. The molecule has 0 radical (unpaired) electrons. The second kappa shape index (κ2) is 6.19. The highest BCUT2D eigenvalue weighted by Gasteiger charge is 2.22. The minimum atomic E-state index is -0.114. The second-order valence-corrected chi connectivity index (χ2v) is 8.41. The number of amides is 1. The van der Waals surface area contributed by atoms with Crippen molar-refractivity contribution in [1.29, 1.82) is 0 Å². The average molecular weight is 325 g/mol. The Labute approximate surface area is 132 Å². The smallest absolute Gasteiger partial charge is 0.223 e. The molecule has 0 aliphatic heterocycles. The minimum absolute atomic E-state index is 0.0430. The first-order valence-corrected chi connectivity index (χ1v) is 8.31. The lowest BCUT2D eigenvalue weighted by Crippen LogP contribution is -2.09. The fraction of sp³-hybridized carbons (Fsp3) is 0.500. The van der Waals surface area contributed by atoms with Crippen molar-refractivity contribution < 1.29 is 9.21 Å². The van der Waals surface area contributed by atoms with E-state index in [0.717, 1.165) is 9.97 Å². The van der Waals surface area contributed by atoms with Gasteiger partial charge in [-0.25, -0.2) is 9.97 Å². The van der Waals surface area contributed by atoms with Crippen LogP contribution in [0.25, 0.3) is 0 Å². The third-order valence-electron chi connectivity index (χ3n) is 2.67. The summed E-state index contributed by atoms with van der Waals surface area (Å²) >= 11 is 3.06. The van der Waals surface area contributed by atoms with Crippen molar-refractivity contribution >= 4 is 34.1 Å². The number of thiazole rings is 1. The summed E-state index contributed by atoms with van der Waals surface area (Å²) in [5, 5.41) is 3.38. The third kappa shape index (κ3) is 4.31. The molecule has 0 saturated carbocycles. The van der Waals surface area contributed by atoms with Gasteiger partial charge in [-0.1, -0.05) is 32.1 Å². The predicted octanol–water partition coefficient (Wildman–Crippen LogP) is 4.24. The quantitative estimate of drug-likeness (QED) is 0.852. The first-order chi connectivity index (χ1) is 9.75. The molecule has 2 aromatic rings. The number of nitrogens with one attached hydrogen (secondary N) is 1. The van der Waals surface area contributed by atoms with Gasteiger partial charge < -0.3 is 9.73 Å². The van der Waals surface area contributed by atoms with Crippen molar-refractivity contribution in [2.45, 2.75) is 49.5 Å². The van der Waals surface area contributed by atoms with Gasteiger partial charge >= 0.3 is 0 Å². The summed E-state index contributed by atoms with van der Waals surface area (Å²) in [5.41, 5.74) is -0.0430. The van der Waals surface area contributed by atoms with Gasteiger partial charge in [-0.2, -0.15) is 0 Å². The fourth-order valence-electron chi connectivity index (χ4n) is 1.57. The number of thioether (sulfide) groups is 1. The van der Waals surface area contributed by atoms with E-state index in [-0.39, 0.29) is 16.6 Å². The normalized spacial score (nSPS) is 13.2. The van der Waals surface area contributed by atoms with Gasteiger partial charge in [-0.3, -0.25) is 4.79 Å². The SMILES string of the molecule is CC(=O)Nc1ncc(S[C@H](C)c2ncc(C(C)(C)C)o2)s1. The lowest BCUT2D eigenvalue weighted by molar-refractivity contribution is -0.114. The molecule has 5 nitrogen and oxygen atoms in total. The maximum Gasteiger partial charge on any atom is 0.223 e. The molecule has 7 heteroatoms. The van der Waals surface area contributed by atoms with Crippen LogP contribution in [0.3, 0.4) is 0 Å². The molecule has 0 aliphatic carbocycles. The number of hydrogen-bond donors (Lipinski definition) is 1. The van der Waals surface area contributed by atoms with Crippen LogP contribution in [0.5, 0.6) is 0 Å². The summed E-state index contributed by atoms with van der Waals surface area (Å²) in [6.07, 6.45) is 3.55. The number of hydrogen-bond acceptors (Lipinski definition) is 6. The van der Waals surface area contributed by atoms with Gasteiger partial charge in [0, 0.05) is 12.3 Å². The Kier molecular flexibility index (Phi) is 4.73. The van der Waals surface area contributed by atoms with E-state index in [2.05, 4.69) is 36.1 Å². The van der Waals surface area contributed by atoms with Gasteiger partial charge in [0.1, 0.15) is 5.76 Å². The van der Waals surface area contributed by atoms with Crippen molar-refractivity contribution in [3.8, 4) is 0 Å². The van der Waals surface area contributed by atoms with E-state index in [1.54, 1.807) is 24.2 Å². The van der Waals surface area contributed by atoms with Gasteiger partial charge in [0.25, 0.3) is 0 Å². The Morgan fingerprint density at radius 3 is 2.67 bits per heavy atom. The zero-order valence-electron chi connectivity index (χ0n) is 12.8. The summed E-state index contributed by atoms with van der Waals surface area (Å²) < 4.78 is 6.85. The number of nitrogens with zero attached hydrogens (tertiary/aromatic N) is 2. The van der Waals surface area contributed by atoms with Crippen molar-refractivity contribution in [2.24, 2.45) is 0 Å². The lowest BCUT2D eigenvalue weighted by atomic mass is 9.94. The predicted molar refractivity (Wildman–Crippen MR) is 85.9 cm³/mol. The standard InChI is InChI=1S/C14H19N3O2S2/c1-8(12-15-6-10(19-12)14(3,4)5)20-11-7-16-13(21-11)17-9(2)18/h6-8H,1-5H3,(H,16,17,18)/t8-/m1/s1. The molecule has 1 N–H and O–H groups in total. The molecule has 1 amide bonds. The van der Waals surface area contributed by atoms with Crippen LogP contribution < -0.4 is 5.32 Å². The van der Waals surface area contributed by atoms with Crippen LogP contribution in [0.1, 0.15) is 51.5 Å². The first-order valence-electron chi connectivity index (χ1n) is 6.62. The van der Waals surface area contributed by atoms with Crippen LogP contribution in [-0.4, -0.2) is 15.9 Å². The average Bonchev–Trinajstić information content (AvgIpc) is 2.96. The fourth-order valence-corrected chi connectivity index (χ4v) is 3.70. The Balaban J connectivity index is 2.04. The van der Waals surface area contributed by atoms with Gasteiger partial charge in [-0.15, -0.1) is 11.8 Å². The zero-order chi connectivity index (χ0) is 15.6. The van der Waals surface area contributed by atoms with E-state index in [0.29, 0.717) is 11.0 Å². The number of aromatic nitrogens is 2. The van der Waals surface area contributed by atoms with E-state index < -0.39 is 0 Å². The van der Waals surface area contributed by atoms with Gasteiger partial charge in [0.15, 0.2) is 5.13 Å². The van der Waals surface area contributed by atoms with Crippen LogP contribution in [0.2, 0.25) is 0 Å². The molecular formula is C14H19N3O2S2. The molecule has 2 rings (SSSR count). The summed E-state index contributed by atoms with van der Waals surface area (Å²) in [4.78, 5) is 19.5. The van der Waals surface area contributed by atoms with E-state index in [1.807, 2.05) is 6.92 Å². The molecule has 0 fully saturated rings. The van der Waals surface area contributed by atoms with Crippen LogP contribution in [0, 0.1) is 0 Å². The molecular weight excluding hydrogens is 306 g/mol. The molecule has 0 saturated heterocycles. The monoisotopic (exact) mass is 325 g/mol. The highest BCUT2D eigenvalue weighted by Crippen LogP contribution is 2.39. The van der Waals surface area contributed by atoms with Gasteiger partial charge in [0.05, 0.1) is 21.9 Å². The number of carbonyl (C=O) groups is 1. The molecule has 0 spiro atoms. The molecule has 0 unspecified atom stereocenters. The minimum Gasteiger partial charge on any atom is -0.444 e. The number of rotatable bonds is 4. The highest BCUT2D eigenvalue weighted by atomic mass is 32.2. The first kappa shape index (κ1) is 16.0. The van der Waals surface area contributed by atoms with Gasteiger partial charge in [-0.05, 0) is 6.92 Å².